The maximum absolute atomic E-state index is 10.8. The molecule has 0 radical (unpaired) electrons. The molecule has 1 saturated carbocycles. The van der Waals surface area contributed by atoms with Crippen molar-refractivity contribution in [1.82, 2.24) is 0 Å². The Labute approximate surface area is 126 Å². The minimum absolute atomic E-state index is 0.227. The molecule has 20 heavy (non-hydrogen) atoms. The van der Waals surface area contributed by atoms with E-state index in [1.807, 2.05) is 6.07 Å². The lowest BCUT2D eigenvalue weighted by atomic mass is 9.65. The number of methoxy groups -OCH3 is 1. The fourth-order valence-electron chi connectivity index (χ4n) is 3.45. The summed E-state index contributed by atoms with van der Waals surface area (Å²) < 4.78 is 5.16. The SMILES string of the molecule is COc1ccc(C(O)C2(CN)CCCC(C)C2)cc1Cl. The van der Waals surface area contributed by atoms with Crippen molar-refractivity contribution in [1.29, 1.82) is 0 Å². The third-order valence-corrected chi connectivity index (χ3v) is 4.90. The van der Waals surface area contributed by atoms with Crippen molar-refractivity contribution in [2.24, 2.45) is 17.1 Å². The number of hydrogen-bond acceptors (Lipinski definition) is 3. The third-order valence-electron chi connectivity index (χ3n) is 4.60. The summed E-state index contributed by atoms with van der Waals surface area (Å²) in [5.41, 5.74) is 6.62. The molecule has 3 atom stereocenters. The van der Waals surface area contributed by atoms with Crippen LogP contribution in [0, 0.1) is 11.3 Å². The van der Waals surface area contributed by atoms with E-state index in [0.717, 1.165) is 24.8 Å². The lowest BCUT2D eigenvalue weighted by Gasteiger charge is -2.43. The Morgan fingerprint density at radius 3 is 2.85 bits per heavy atom. The molecule has 2 rings (SSSR count). The molecule has 0 aliphatic heterocycles. The molecular weight excluding hydrogens is 274 g/mol. The van der Waals surface area contributed by atoms with Gasteiger partial charge in [-0.05, 0) is 36.5 Å². The van der Waals surface area contributed by atoms with Crippen LogP contribution >= 0.6 is 11.6 Å². The molecule has 1 fully saturated rings. The second kappa shape index (κ2) is 6.33. The first-order valence-electron chi connectivity index (χ1n) is 7.24. The number of benzene rings is 1. The molecule has 1 aromatic carbocycles. The average Bonchev–Trinajstić information content (AvgIpc) is 2.46. The van der Waals surface area contributed by atoms with Crippen LogP contribution in [0.3, 0.4) is 0 Å². The van der Waals surface area contributed by atoms with Gasteiger partial charge < -0.3 is 15.6 Å². The lowest BCUT2D eigenvalue weighted by Crippen LogP contribution is -2.40. The van der Waals surface area contributed by atoms with Gasteiger partial charge in [0.25, 0.3) is 0 Å². The topological polar surface area (TPSA) is 55.5 Å². The summed E-state index contributed by atoms with van der Waals surface area (Å²) in [6.45, 7) is 2.74. The molecule has 0 heterocycles. The van der Waals surface area contributed by atoms with Gasteiger partial charge in [-0.15, -0.1) is 0 Å². The maximum atomic E-state index is 10.8. The van der Waals surface area contributed by atoms with Crippen molar-refractivity contribution in [2.75, 3.05) is 13.7 Å². The fourth-order valence-corrected chi connectivity index (χ4v) is 3.72. The quantitative estimate of drug-likeness (QED) is 0.894. The van der Waals surface area contributed by atoms with E-state index in [2.05, 4.69) is 6.92 Å². The summed E-state index contributed by atoms with van der Waals surface area (Å²) in [4.78, 5) is 0. The second-order valence-electron chi connectivity index (χ2n) is 6.06. The second-order valence-corrected chi connectivity index (χ2v) is 6.47. The van der Waals surface area contributed by atoms with Gasteiger partial charge in [0.2, 0.25) is 0 Å². The van der Waals surface area contributed by atoms with Crippen molar-refractivity contribution in [3.05, 3.63) is 28.8 Å². The Hall–Kier alpha value is -0.770. The van der Waals surface area contributed by atoms with Gasteiger partial charge in [0.15, 0.2) is 0 Å². The van der Waals surface area contributed by atoms with Crippen molar-refractivity contribution < 1.29 is 9.84 Å². The first-order chi connectivity index (χ1) is 9.52. The molecule has 0 amide bonds. The predicted molar refractivity (Wildman–Crippen MR) is 82.1 cm³/mol. The average molecular weight is 298 g/mol. The predicted octanol–water partition coefficient (Wildman–Crippen LogP) is 3.54. The van der Waals surface area contributed by atoms with Crippen LogP contribution in [0.15, 0.2) is 18.2 Å². The number of hydrogen-bond donors (Lipinski definition) is 2. The minimum Gasteiger partial charge on any atom is -0.495 e. The van der Waals surface area contributed by atoms with Crippen molar-refractivity contribution in [3.8, 4) is 5.75 Å². The summed E-state index contributed by atoms with van der Waals surface area (Å²) in [5.74, 6) is 1.23. The van der Waals surface area contributed by atoms with E-state index < -0.39 is 6.10 Å². The molecule has 1 aliphatic carbocycles. The van der Waals surface area contributed by atoms with Crippen LogP contribution in [0.4, 0.5) is 0 Å². The number of rotatable bonds is 4. The largest absolute Gasteiger partial charge is 0.495 e. The molecule has 3 unspecified atom stereocenters. The van der Waals surface area contributed by atoms with E-state index in [-0.39, 0.29) is 5.41 Å². The van der Waals surface area contributed by atoms with E-state index in [0.29, 0.717) is 23.2 Å². The molecule has 0 saturated heterocycles. The van der Waals surface area contributed by atoms with Crippen LogP contribution in [-0.2, 0) is 0 Å². The van der Waals surface area contributed by atoms with Crippen molar-refractivity contribution in [2.45, 2.75) is 38.7 Å². The van der Waals surface area contributed by atoms with E-state index >= 15 is 0 Å². The highest BCUT2D eigenvalue weighted by Gasteiger charge is 2.40. The first-order valence-corrected chi connectivity index (χ1v) is 7.62. The van der Waals surface area contributed by atoms with Gasteiger partial charge >= 0.3 is 0 Å². The van der Waals surface area contributed by atoms with Crippen molar-refractivity contribution >= 4 is 11.6 Å². The highest BCUT2D eigenvalue weighted by Crippen LogP contribution is 2.47. The van der Waals surface area contributed by atoms with E-state index in [1.54, 1.807) is 19.2 Å². The molecule has 1 aromatic rings. The molecule has 4 heteroatoms. The van der Waals surface area contributed by atoms with Gasteiger partial charge in [0, 0.05) is 12.0 Å². The molecule has 3 nitrogen and oxygen atoms in total. The van der Waals surface area contributed by atoms with Gasteiger partial charge in [-0.1, -0.05) is 37.4 Å². The van der Waals surface area contributed by atoms with Gasteiger partial charge in [0.05, 0.1) is 18.2 Å². The molecule has 0 bridgehead atoms. The number of ether oxygens (including phenoxy) is 1. The zero-order valence-corrected chi connectivity index (χ0v) is 13.0. The monoisotopic (exact) mass is 297 g/mol. The highest BCUT2D eigenvalue weighted by atomic mass is 35.5. The normalized spacial score (nSPS) is 28.1. The summed E-state index contributed by atoms with van der Waals surface area (Å²) in [7, 11) is 1.58. The molecule has 0 aromatic heterocycles. The summed E-state index contributed by atoms with van der Waals surface area (Å²) in [6, 6.07) is 5.48. The Kier molecular flexibility index (Phi) is 4.95. The van der Waals surface area contributed by atoms with E-state index in [4.69, 9.17) is 22.1 Å². The highest BCUT2D eigenvalue weighted by molar-refractivity contribution is 6.32. The summed E-state index contributed by atoms with van der Waals surface area (Å²) >= 11 is 6.16. The summed E-state index contributed by atoms with van der Waals surface area (Å²) in [6.07, 6.45) is 3.71. The van der Waals surface area contributed by atoms with Crippen LogP contribution in [0.1, 0.15) is 44.3 Å². The molecule has 3 N–H and O–H groups in total. The standard InChI is InChI=1S/C16H24ClNO2/c1-11-4-3-7-16(9-11,10-18)15(19)12-5-6-14(20-2)13(17)8-12/h5-6,8,11,15,19H,3-4,7,9-10,18H2,1-2H3. The Bertz CT molecular complexity index is 466. The zero-order chi connectivity index (χ0) is 14.8. The van der Waals surface area contributed by atoms with Gasteiger partial charge in [0.1, 0.15) is 5.75 Å². The maximum Gasteiger partial charge on any atom is 0.137 e. The van der Waals surface area contributed by atoms with Crippen LogP contribution in [-0.4, -0.2) is 18.8 Å². The van der Waals surface area contributed by atoms with Crippen LogP contribution in [0.25, 0.3) is 0 Å². The minimum atomic E-state index is -0.571. The third kappa shape index (κ3) is 2.95. The van der Waals surface area contributed by atoms with E-state index in [9.17, 15) is 5.11 Å². The number of aliphatic hydroxyl groups excluding tert-OH is 1. The van der Waals surface area contributed by atoms with Crippen LogP contribution < -0.4 is 10.5 Å². The van der Waals surface area contributed by atoms with Crippen molar-refractivity contribution in [3.63, 3.8) is 0 Å². The first kappa shape index (κ1) is 15.6. The molecular formula is C16H24ClNO2. The molecule has 0 spiro atoms. The lowest BCUT2D eigenvalue weighted by molar-refractivity contribution is -0.0130. The molecule has 112 valence electrons. The van der Waals surface area contributed by atoms with Gasteiger partial charge in [-0.2, -0.15) is 0 Å². The Morgan fingerprint density at radius 2 is 2.30 bits per heavy atom. The number of halogens is 1. The number of aliphatic hydroxyl groups is 1. The van der Waals surface area contributed by atoms with Crippen LogP contribution in [0.2, 0.25) is 5.02 Å². The number of nitrogens with two attached hydrogens (primary N) is 1. The Balaban J connectivity index is 2.28. The van der Waals surface area contributed by atoms with E-state index in [1.165, 1.54) is 6.42 Å². The van der Waals surface area contributed by atoms with Crippen LogP contribution in [0.5, 0.6) is 5.75 Å². The Morgan fingerprint density at radius 1 is 1.55 bits per heavy atom. The smallest absolute Gasteiger partial charge is 0.137 e. The zero-order valence-electron chi connectivity index (χ0n) is 12.2. The molecule has 1 aliphatic rings. The summed E-state index contributed by atoms with van der Waals surface area (Å²) in [5, 5.41) is 11.3. The van der Waals surface area contributed by atoms with Gasteiger partial charge in [-0.3, -0.25) is 0 Å². The van der Waals surface area contributed by atoms with Gasteiger partial charge in [-0.25, -0.2) is 0 Å². The fraction of sp³-hybridized carbons (Fsp3) is 0.625.